The molecule has 1 heterocycles. The van der Waals surface area contributed by atoms with Crippen molar-refractivity contribution in [2.75, 3.05) is 52.5 Å². The van der Waals surface area contributed by atoms with Gasteiger partial charge in [0.05, 0.1) is 13.2 Å². The van der Waals surface area contributed by atoms with Gasteiger partial charge < -0.3 is 24.8 Å². The van der Waals surface area contributed by atoms with Crippen molar-refractivity contribution in [2.24, 2.45) is 0 Å². The highest BCUT2D eigenvalue weighted by Crippen LogP contribution is 2.07. The summed E-state index contributed by atoms with van der Waals surface area (Å²) in [6, 6.07) is 9.61. The summed E-state index contributed by atoms with van der Waals surface area (Å²) < 4.78 is 10.9. The molecule has 4 N–H and O–H groups in total. The number of aliphatic hydroxyl groups excluding tert-OH is 1. The lowest BCUT2D eigenvalue weighted by Gasteiger charge is -2.23. The molecule has 0 aliphatic carbocycles. The number of nitrogens with one attached hydrogen (secondary N) is 1. The van der Waals surface area contributed by atoms with Gasteiger partial charge in [0.25, 0.3) is 0 Å². The van der Waals surface area contributed by atoms with E-state index in [0.717, 1.165) is 45.1 Å². The lowest BCUT2D eigenvalue weighted by molar-refractivity contribution is -0.919. The summed E-state index contributed by atoms with van der Waals surface area (Å²) in [6.45, 7) is 7.18. The van der Waals surface area contributed by atoms with Crippen LogP contribution in [0.5, 0.6) is 5.75 Å². The molecular weight excluding hydrogens is 256 g/mol. The third kappa shape index (κ3) is 5.88. The zero-order chi connectivity index (χ0) is 14.0. The van der Waals surface area contributed by atoms with E-state index in [2.05, 4.69) is 5.32 Å². The summed E-state index contributed by atoms with van der Waals surface area (Å²) in [4.78, 5) is 1.60. The Bertz CT molecular complexity index is 355. The maximum absolute atomic E-state index is 9.86. The maximum atomic E-state index is 9.86. The molecule has 1 saturated heterocycles. The average Bonchev–Trinajstić information content (AvgIpc) is 2.52. The van der Waals surface area contributed by atoms with Gasteiger partial charge in [0, 0.05) is 0 Å². The largest absolute Gasteiger partial charge is 0.491 e. The van der Waals surface area contributed by atoms with Gasteiger partial charge in [0.1, 0.15) is 51.2 Å². The summed E-state index contributed by atoms with van der Waals surface area (Å²) in [7, 11) is 0. The van der Waals surface area contributed by atoms with E-state index < -0.39 is 6.10 Å². The van der Waals surface area contributed by atoms with Crippen LogP contribution in [0.25, 0.3) is 0 Å². The first-order valence-electron chi connectivity index (χ1n) is 7.43. The van der Waals surface area contributed by atoms with Gasteiger partial charge >= 0.3 is 0 Å². The highest BCUT2D eigenvalue weighted by Gasteiger charge is 2.14. The fourth-order valence-corrected chi connectivity index (χ4v) is 2.30. The minimum atomic E-state index is -0.421. The minimum absolute atomic E-state index is 0.352. The number of quaternary nitrogens is 2. The summed E-state index contributed by atoms with van der Waals surface area (Å²) in [6.07, 6.45) is -0.421. The Morgan fingerprint density at radius 3 is 2.75 bits per heavy atom. The number of para-hydroxylation sites is 1. The van der Waals surface area contributed by atoms with E-state index in [9.17, 15) is 5.11 Å². The van der Waals surface area contributed by atoms with Gasteiger partial charge in [-0.1, -0.05) is 18.2 Å². The Labute approximate surface area is 120 Å². The normalized spacial score (nSPS) is 17.9. The quantitative estimate of drug-likeness (QED) is 0.479. The number of benzene rings is 1. The third-order valence-corrected chi connectivity index (χ3v) is 3.53. The molecule has 0 saturated carbocycles. The molecule has 2 rings (SSSR count). The SMILES string of the molecule is O[C@@H](C[NH2+]CC[NH+]1CCOCC1)COc1ccccc1. The molecule has 5 nitrogen and oxygen atoms in total. The first-order chi connectivity index (χ1) is 9.84. The highest BCUT2D eigenvalue weighted by atomic mass is 16.5. The van der Waals surface area contributed by atoms with Crippen LogP contribution in [0.15, 0.2) is 30.3 Å². The van der Waals surface area contributed by atoms with Crippen LogP contribution in [0.2, 0.25) is 0 Å². The van der Waals surface area contributed by atoms with Crippen molar-refractivity contribution >= 4 is 0 Å². The van der Waals surface area contributed by atoms with Crippen molar-refractivity contribution in [2.45, 2.75) is 6.10 Å². The standard InChI is InChI=1S/C15H24N2O3/c18-14(13-20-15-4-2-1-3-5-15)12-16-6-7-17-8-10-19-11-9-17/h1-5,14,16,18H,6-13H2/p+2/t14-/m0/s1. The lowest BCUT2D eigenvalue weighted by atomic mass is 10.3. The van der Waals surface area contributed by atoms with Crippen molar-refractivity contribution in [3.8, 4) is 5.75 Å². The number of hydrogen-bond acceptors (Lipinski definition) is 3. The Kier molecular flexibility index (Phi) is 6.80. The van der Waals surface area contributed by atoms with E-state index in [1.54, 1.807) is 4.90 Å². The molecule has 1 aromatic carbocycles. The summed E-state index contributed by atoms with van der Waals surface area (Å²) >= 11 is 0. The zero-order valence-electron chi connectivity index (χ0n) is 12.0. The fourth-order valence-electron chi connectivity index (χ4n) is 2.30. The number of rotatable bonds is 8. The summed E-state index contributed by atoms with van der Waals surface area (Å²) in [5.74, 6) is 0.810. The monoisotopic (exact) mass is 282 g/mol. The van der Waals surface area contributed by atoms with Crippen molar-refractivity contribution in [3.63, 3.8) is 0 Å². The fraction of sp³-hybridized carbons (Fsp3) is 0.600. The second kappa shape index (κ2) is 8.92. The van der Waals surface area contributed by atoms with Crippen molar-refractivity contribution < 1.29 is 24.8 Å². The second-order valence-corrected chi connectivity index (χ2v) is 5.20. The molecule has 1 aliphatic heterocycles. The Hall–Kier alpha value is -1.14. The Morgan fingerprint density at radius 1 is 1.25 bits per heavy atom. The van der Waals surface area contributed by atoms with E-state index in [-0.39, 0.29) is 0 Å². The number of aliphatic hydroxyl groups is 1. The summed E-state index contributed by atoms with van der Waals surface area (Å²) in [5, 5.41) is 12.0. The van der Waals surface area contributed by atoms with Crippen molar-refractivity contribution in [3.05, 3.63) is 30.3 Å². The van der Waals surface area contributed by atoms with E-state index in [0.29, 0.717) is 13.2 Å². The third-order valence-electron chi connectivity index (χ3n) is 3.53. The predicted octanol–water partition coefficient (Wildman–Crippen LogP) is -2.10. The van der Waals surface area contributed by atoms with Gasteiger partial charge in [-0.05, 0) is 12.1 Å². The lowest BCUT2D eigenvalue weighted by Crippen LogP contribution is -3.16. The molecule has 1 aliphatic rings. The molecule has 0 bridgehead atoms. The molecule has 0 amide bonds. The molecule has 0 spiro atoms. The van der Waals surface area contributed by atoms with Gasteiger partial charge in [0.15, 0.2) is 0 Å². The van der Waals surface area contributed by atoms with Crippen LogP contribution in [0.3, 0.4) is 0 Å². The van der Waals surface area contributed by atoms with E-state index in [1.165, 1.54) is 0 Å². The van der Waals surface area contributed by atoms with Crippen LogP contribution in [0.1, 0.15) is 0 Å². The van der Waals surface area contributed by atoms with Gasteiger partial charge in [-0.25, -0.2) is 0 Å². The molecule has 5 heteroatoms. The van der Waals surface area contributed by atoms with Crippen LogP contribution in [-0.2, 0) is 4.74 Å². The first kappa shape index (κ1) is 15.3. The number of hydrogen-bond donors (Lipinski definition) is 3. The Morgan fingerprint density at radius 2 is 2.00 bits per heavy atom. The minimum Gasteiger partial charge on any atom is -0.491 e. The molecule has 1 atom stereocenters. The number of ether oxygens (including phenoxy) is 2. The van der Waals surface area contributed by atoms with E-state index in [4.69, 9.17) is 9.47 Å². The van der Waals surface area contributed by atoms with Crippen molar-refractivity contribution in [1.82, 2.24) is 0 Å². The van der Waals surface area contributed by atoms with Crippen molar-refractivity contribution in [1.29, 1.82) is 0 Å². The topological polar surface area (TPSA) is 59.7 Å². The predicted molar refractivity (Wildman–Crippen MR) is 76.0 cm³/mol. The molecule has 0 radical (unpaired) electrons. The molecule has 20 heavy (non-hydrogen) atoms. The van der Waals surface area contributed by atoms with E-state index >= 15 is 0 Å². The highest BCUT2D eigenvalue weighted by molar-refractivity contribution is 5.20. The average molecular weight is 282 g/mol. The first-order valence-corrected chi connectivity index (χ1v) is 7.43. The van der Waals surface area contributed by atoms with Gasteiger partial charge in [-0.3, -0.25) is 0 Å². The summed E-state index contributed by atoms with van der Waals surface area (Å²) in [5.41, 5.74) is 0. The second-order valence-electron chi connectivity index (χ2n) is 5.20. The smallest absolute Gasteiger partial charge is 0.137 e. The van der Waals surface area contributed by atoms with Crippen LogP contribution in [-0.4, -0.2) is 63.8 Å². The van der Waals surface area contributed by atoms with E-state index in [1.807, 2.05) is 30.3 Å². The molecule has 0 unspecified atom stereocenters. The van der Waals surface area contributed by atoms with Crippen LogP contribution in [0, 0.1) is 0 Å². The van der Waals surface area contributed by atoms with Crippen LogP contribution < -0.4 is 15.0 Å². The van der Waals surface area contributed by atoms with Gasteiger partial charge in [0.2, 0.25) is 0 Å². The Balaban J connectivity index is 1.50. The molecule has 1 fully saturated rings. The van der Waals surface area contributed by atoms with Gasteiger partial charge in [-0.15, -0.1) is 0 Å². The number of morpholine rings is 1. The van der Waals surface area contributed by atoms with Gasteiger partial charge in [-0.2, -0.15) is 0 Å². The molecule has 112 valence electrons. The number of nitrogens with two attached hydrogens (primary N) is 1. The van der Waals surface area contributed by atoms with Crippen LogP contribution >= 0.6 is 0 Å². The molecular formula is C15H26N2O3+2. The molecule has 1 aromatic rings. The maximum Gasteiger partial charge on any atom is 0.137 e. The zero-order valence-corrected chi connectivity index (χ0v) is 12.0. The molecule has 0 aromatic heterocycles. The van der Waals surface area contributed by atoms with Crippen LogP contribution in [0.4, 0.5) is 0 Å².